The number of carbonyl (C=O) groups excluding carboxylic acids is 2. The van der Waals surface area contributed by atoms with Crippen molar-refractivity contribution < 1.29 is 27.8 Å². The van der Waals surface area contributed by atoms with Crippen molar-refractivity contribution in [1.82, 2.24) is 14.8 Å². The Labute approximate surface area is 211 Å². The quantitative estimate of drug-likeness (QED) is 0.676. The van der Waals surface area contributed by atoms with Crippen molar-refractivity contribution in [2.24, 2.45) is 0 Å². The van der Waals surface area contributed by atoms with E-state index >= 15 is 0 Å². The summed E-state index contributed by atoms with van der Waals surface area (Å²) in [6.45, 7) is 9.08. The molecule has 0 radical (unpaired) electrons. The van der Waals surface area contributed by atoms with Crippen molar-refractivity contribution >= 4 is 17.5 Å². The van der Waals surface area contributed by atoms with E-state index in [-0.39, 0.29) is 23.7 Å². The summed E-state index contributed by atoms with van der Waals surface area (Å²) in [5.74, 6) is -2.15. The zero-order valence-electron chi connectivity index (χ0n) is 21.6. The normalized spacial score (nSPS) is 19.4. The predicted molar refractivity (Wildman–Crippen MR) is 134 cm³/mol. The van der Waals surface area contributed by atoms with Crippen molar-refractivity contribution in [2.45, 2.75) is 45.8 Å². The fourth-order valence-electron chi connectivity index (χ4n) is 3.66. The molecule has 2 amide bonds. The maximum Gasteiger partial charge on any atom is 0.272 e. The number of halogens is 2. The van der Waals surface area contributed by atoms with Crippen LogP contribution in [0.15, 0.2) is 36.5 Å². The summed E-state index contributed by atoms with van der Waals surface area (Å²) in [6, 6.07) is 7.11. The number of likely N-dealkylation sites (N-methyl/N-ethyl adjacent to an activating group) is 1. The van der Waals surface area contributed by atoms with Crippen LogP contribution in [0.25, 0.3) is 0 Å². The van der Waals surface area contributed by atoms with Crippen LogP contribution in [0, 0.1) is 11.6 Å². The third kappa shape index (κ3) is 8.23. The van der Waals surface area contributed by atoms with Gasteiger partial charge in [0.25, 0.3) is 11.8 Å². The van der Waals surface area contributed by atoms with Gasteiger partial charge in [0, 0.05) is 38.1 Å². The fourth-order valence-corrected chi connectivity index (χ4v) is 3.66. The number of nitrogens with one attached hydrogen (secondary N) is 1. The van der Waals surface area contributed by atoms with Gasteiger partial charge >= 0.3 is 0 Å². The molecule has 198 valence electrons. The highest BCUT2D eigenvalue weighted by Crippen LogP contribution is 2.21. The first-order valence-electron chi connectivity index (χ1n) is 12.2. The number of amides is 2. The summed E-state index contributed by atoms with van der Waals surface area (Å²) < 4.78 is 34.9. The Balaban J connectivity index is 0.000000318. The Morgan fingerprint density at radius 1 is 1.11 bits per heavy atom. The Morgan fingerprint density at radius 3 is 2.39 bits per heavy atom. The lowest BCUT2D eigenvalue weighted by Crippen LogP contribution is -2.47. The smallest absolute Gasteiger partial charge is 0.272 e. The van der Waals surface area contributed by atoms with Gasteiger partial charge in [0.1, 0.15) is 11.8 Å². The summed E-state index contributed by atoms with van der Waals surface area (Å²) in [7, 11) is 3.33. The molecule has 2 aliphatic heterocycles. The number of methoxy groups -OCH3 is 1. The molecule has 2 aliphatic rings. The Bertz CT molecular complexity index is 1000. The molecule has 2 aromatic rings. The first-order valence-corrected chi connectivity index (χ1v) is 12.2. The molecular formula is C26H36F2N4O4. The molecular weight excluding hydrogens is 470 g/mol. The molecule has 0 spiro atoms. The van der Waals surface area contributed by atoms with E-state index in [1.165, 1.54) is 19.2 Å². The molecule has 36 heavy (non-hydrogen) atoms. The topological polar surface area (TPSA) is 84.0 Å². The number of carbonyl (C=O) groups is 2. The lowest BCUT2D eigenvalue weighted by molar-refractivity contribution is -0.126. The van der Waals surface area contributed by atoms with Crippen LogP contribution in [-0.2, 0) is 9.53 Å². The maximum absolute atomic E-state index is 12.6. The van der Waals surface area contributed by atoms with Crippen LogP contribution in [-0.4, -0.2) is 79.1 Å². The van der Waals surface area contributed by atoms with E-state index in [0.29, 0.717) is 24.5 Å². The number of hydrogen-bond acceptors (Lipinski definition) is 6. The molecule has 0 aliphatic carbocycles. The first kappa shape index (κ1) is 29.1. The molecule has 10 heteroatoms. The first-order chi connectivity index (χ1) is 17.3. The van der Waals surface area contributed by atoms with Gasteiger partial charge in [0.2, 0.25) is 5.82 Å². The van der Waals surface area contributed by atoms with Crippen LogP contribution >= 0.6 is 0 Å². The van der Waals surface area contributed by atoms with Crippen LogP contribution < -0.4 is 10.1 Å². The van der Waals surface area contributed by atoms with Gasteiger partial charge in [-0.15, -0.1) is 0 Å². The summed E-state index contributed by atoms with van der Waals surface area (Å²) in [5, 5.41) is 2.83. The molecule has 3 heterocycles. The maximum atomic E-state index is 12.6. The molecule has 2 saturated heterocycles. The van der Waals surface area contributed by atoms with Crippen LogP contribution in [0.1, 0.15) is 44.1 Å². The van der Waals surface area contributed by atoms with E-state index in [1.807, 2.05) is 27.8 Å². The molecule has 8 nitrogen and oxygen atoms in total. The highest BCUT2D eigenvalue weighted by atomic mass is 19.2. The minimum atomic E-state index is -0.940. The van der Waals surface area contributed by atoms with Gasteiger partial charge in [-0.05, 0) is 51.1 Å². The van der Waals surface area contributed by atoms with E-state index in [4.69, 9.17) is 4.74 Å². The van der Waals surface area contributed by atoms with E-state index in [1.54, 1.807) is 23.2 Å². The Morgan fingerprint density at radius 2 is 1.81 bits per heavy atom. The van der Waals surface area contributed by atoms with Crippen molar-refractivity contribution in [2.75, 3.05) is 45.7 Å². The average Bonchev–Trinajstić information content (AvgIpc) is 3.34. The van der Waals surface area contributed by atoms with Crippen LogP contribution in [0.4, 0.5) is 14.5 Å². The van der Waals surface area contributed by atoms with Crippen LogP contribution in [0.3, 0.4) is 0 Å². The fraction of sp³-hybridized carbons (Fsp3) is 0.500. The van der Waals surface area contributed by atoms with Crippen LogP contribution in [0.2, 0.25) is 0 Å². The Hall–Kier alpha value is -3.11. The largest absolute Gasteiger partial charge is 0.494 e. The lowest BCUT2D eigenvalue weighted by Gasteiger charge is -2.32. The highest BCUT2D eigenvalue weighted by Gasteiger charge is 2.28. The number of benzene rings is 1. The van der Waals surface area contributed by atoms with Gasteiger partial charge in [0.05, 0.1) is 13.2 Å². The summed E-state index contributed by atoms with van der Waals surface area (Å²) in [5.41, 5.74) is 0.939. The third-order valence-electron chi connectivity index (χ3n) is 5.70. The van der Waals surface area contributed by atoms with Gasteiger partial charge < -0.3 is 24.6 Å². The van der Waals surface area contributed by atoms with Crippen molar-refractivity contribution in [3.63, 3.8) is 0 Å². The monoisotopic (exact) mass is 506 g/mol. The molecule has 4 rings (SSSR count). The molecule has 2 atom stereocenters. The van der Waals surface area contributed by atoms with Gasteiger partial charge in [0.15, 0.2) is 11.6 Å². The van der Waals surface area contributed by atoms with Gasteiger partial charge in [-0.25, -0.2) is 4.39 Å². The highest BCUT2D eigenvalue weighted by molar-refractivity contribution is 5.97. The minimum absolute atomic E-state index is 0.0694. The number of hydrogen-bond donors (Lipinski definition) is 1. The van der Waals surface area contributed by atoms with E-state index in [9.17, 15) is 18.4 Å². The van der Waals surface area contributed by atoms with E-state index in [0.717, 1.165) is 32.0 Å². The molecule has 2 fully saturated rings. The second kappa shape index (κ2) is 14.4. The number of nitrogens with zero attached hydrogens (tertiary/aromatic N) is 3. The van der Waals surface area contributed by atoms with Crippen LogP contribution in [0.5, 0.6) is 5.75 Å². The number of aromatic nitrogens is 1. The third-order valence-corrected chi connectivity index (χ3v) is 5.70. The van der Waals surface area contributed by atoms with Gasteiger partial charge in [-0.2, -0.15) is 4.39 Å². The summed E-state index contributed by atoms with van der Waals surface area (Å²) >= 11 is 0. The second-order valence-electron chi connectivity index (χ2n) is 8.28. The predicted octanol–water partition coefficient (Wildman–Crippen LogP) is 3.97. The number of rotatable bonds is 4. The summed E-state index contributed by atoms with van der Waals surface area (Å²) in [6.07, 6.45) is 2.88. The second-order valence-corrected chi connectivity index (χ2v) is 8.28. The van der Waals surface area contributed by atoms with Crippen molar-refractivity contribution in [3.8, 4) is 5.75 Å². The van der Waals surface area contributed by atoms with E-state index in [2.05, 4.69) is 19.9 Å². The van der Waals surface area contributed by atoms with Crippen molar-refractivity contribution in [3.05, 3.63) is 53.9 Å². The standard InChI is InChI=1S/C17H24N4O3.C7H6F2O.C2H6/c1-12-3-4-15(24-12)16(22)19-13-5-6-18-14(11-13)17(23)21-9-7-20(2)8-10-21;1-10-6-4-2-3-5(8)7(6)9;1-2/h5-6,11-12,15H,3-4,7-10H2,1-2H3,(H,18,19,22);2-4H,1H3;1-2H3. The number of piperazine rings is 1. The Kier molecular flexibility index (Phi) is 11.7. The molecule has 0 bridgehead atoms. The number of ether oxygens (including phenoxy) is 2. The van der Waals surface area contributed by atoms with Crippen molar-refractivity contribution in [1.29, 1.82) is 0 Å². The lowest BCUT2D eigenvalue weighted by atomic mass is 10.2. The zero-order valence-corrected chi connectivity index (χ0v) is 21.6. The van der Waals surface area contributed by atoms with Gasteiger partial charge in [-0.1, -0.05) is 19.9 Å². The molecule has 0 saturated carbocycles. The molecule has 2 unspecified atom stereocenters. The average molecular weight is 507 g/mol. The molecule has 1 aromatic carbocycles. The molecule has 1 aromatic heterocycles. The number of anilines is 1. The minimum Gasteiger partial charge on any atom is -0.494 e. The summed E-state index contributed by atoms with van der Waals surface area (Å²) in [4.78, 5) is 32.9. The number of pyridine rings is 1. The SMILES string of the molecule is CC.CC1CCC(C(=O)Nc2ccnc(C(=O)N3CCN(C)CC3)c2)O1.COc1cccc(F)c1F. The van der Waals surface area contributed by atoms with E-state index < -0.39 is 17.7 Å². The zero-order chi connectivity index (χ0) is 26.7. The molecule has 1 N–H and O–H groups in total. The van der Waals surface area contributed by atoms with Gasteiger partial charge in [-0.3, -0.25) is 14.6 Å².